The molecule has 0 fully saturated rings. The van der Waals surface area contributed by atoms with Crippen LogP contribution < -0.4 is 0 Å². The van der Waals surface area contributed by atoms with Crippen LogP contribution in [0.4, 0.5) is 0 Å². The Morgan fingerprint density at radius 2 is 1.94 bits per heavy atom. The zero-order chi connectivity index (χ0) is 13.0. The lowest BCUT2D eigenvalue weighted by molar-refractivity contribution is -0.145. The molecule has 0 aliphatic rings. The third-order valence-corrected chi connectivity index (χ3v) is 2.76. The van der Waals surface area contributed by atoms with Crippen molar-refractivity contribution in [2.75, 3.05) is 7.11 Å². The van der Waals surface area contributed by atoms with Crippen molar-refractivity contribution >= 4 is 5.97 Å². The molecule has 0 radical (unpaired) electrons. The van der Waals surface area contributed by atoms with E-state index in [0.29, 0.717) is 11.3 Å². The Kier molecular flexibility index (Phi) is 3.79. The number of benzene rings is 1. The second-order valence-corrected chi connectivity index (χ2v) is 3.87. The van der Waals surface area contributed by atoms with E-state index in [9.17, 15) is 9.90 Å². The minimum atomic E-state index is -1.06. The first-order chi connectivity index (χ1) is 8.74. The van der Waals surface area contributed by atoms with Crippen LogP contribution >= 0.6 is 0 Å². The summed E-state index contributed by atoms with van der Waals surface area (Å²) in [6.45, 7) is 0. The molecule has 0 saturated carbocycles. The summed E-state index contributed by atoms with van der Waals surface area (Å²) in [4.78, 5) is 11.8. The lowest BCUT2D eigenvalue weighted by atomic mass is 9.92. The van der Waals surface area contributed by atoms with E-state index in [1.807, 2.05) is 6.07 Å². The van der Waals surface area contributed by atoms with Crippen LogP contribution in [0.15, 0.2) is 53.1 Å². The molecule has 0 saturated heterocycles. The van der Waals surface area contributed by atoms with Crippen molar-refractivity contribution in [1.29, 1.82) is 0 Å². The molecule has 0 bridgehead atoms. The summed E-state index contributed by atoms with van der Waals surface area (Å²) in [7, 11) is 1.30. The van der Waals surface area contributed by atoms with Gasteiger partial charge in [-0.15, -0.1) is 0 Å². The van der Waals surface area contributed by atoms with Gasteiger partial charge >= 0.3 is 5.97 Å². The maximum Gasteiger partial charge on any atom is 0.316 e. The average Bonchev–Trinajstić information content (AvgIpc) is 2.94. The van der Waals surface area contributed by atoms with Crippen LogP contribution in [-0.4, -0.2) is 18.2 Å². The maximum absolute atomic E-state index is 11.8. The number of aliphatic hydroxyl groups is 1. The van der Waals surface area contributed by atoms with Crippen molar-refractivity contribution < 1.29 is 19.1 Å². The number of aliphatic hydroxyl groups excluding tert-OH is 1. The quantitative estimate of drug-likeness (QED) is 0.841. The first kappa shape index (κ1) is 12.4. The number of hydrogen-bond donors (Lipinski definition) is 1. The van der Waals surface area contributed by atoms with Gasteiger partial charge in [-0.2, -0.15) is 0 Å². The number of carbonyl (C=O) groups is 1. The van der Waals surface area contributed by atoms with Gasteiger partial charge in [0.25, 0.3) is 0 Å². The van der Waals surface area contributed by atoms with Crippen LogP contribution in [0.25, 0.3) is 0 Å². The Bertz CT molecular complexity index is 490. The predicted octanol–water partition coefficient (Wildman–Crippen LogP) is 2.27. The highest BCUT2D eigenvalue weighted by atomic mass is 16.5. The van der Waals surface area contributed by atoms with Crippen LogP contribution in [0.5, 0.6) is 0 Å². The van der Waals surface area contributed by atoms with Crippen LogP contribution in [0.1, 0.15) is 23.3 Å². The van der Waals surface area contributed by atoms with Crippen molar-refractivity contribution in [3.8, 4) is 0 Å². The van der Waals surface area contributed by atoms with E-state index in [0.717, 1.165) is 0 Å². The third kappa shape index (κ3) is 2.43. The summed E-state index contributed by atoms with van der Waals surface area (Å²) in [5.74, 6) is -0.943. The van der Waals surface area contributed by atoms with Gasteiger partial charge in [0.2, 0.25) is 0 Å². The second kappa shape index (κ2) is 5.51. The first-order valence-electron chi connectivity index (χ1n) is 5.58. The second-order valence-electron chi connectivity index (χ2n) is 3.87. The van der Waals surface area contributed by atoms with Gasteiger partial charge in [0, 0.05) is 0 Å². The molecule has 2 aromatic rings. The topological polar surface area (TPSA) is 59.7 Å². The van der Waals surface area contributed by atoms with Crippen LogP contribution in [0, 0.1) is 0 Å². The molecule has 0 unspecified atom stereocenters. The SMILES string of the molecule is COC(=O)[C@@H](c1ccccc1)[C@@H](O)c1ccco1. The third-order valence-electron chi connectivity index (χ3n) is 2.76. The summed E-state index contributed by atoms with van der Waals surface area (Å²) >= 11 is 0. The van der Waals surface area contributed by atoms with Crippen molar-refractivity contribution in [2.24, 2.45) is 0 Å². The Morgan fingerprint density at radius 3 is 2.50 bits per heavy atom. The number of methoxy groups -OCH3 is 1. The standard InChI is InChI=1S/C14H14O4/c1-17-14(16)12(10-6-3-2-4-7-10)13(15)11-8-5-9-18-11/h2-9,12-13,15H,1H3/t12-,13-/m0/s1. The molecule has 0 spiro atoms. The number of furan rings is 1. The van der Waals surface area contributed by atoms with Gasteiger partial charge in [0.15, 0.2) is 0 Å². The molecule has 1 aromatic heterocycles. The number of carbonyl (C=O) groups excluding carboxylic acids is 1. The predicted molar refractivity (Wildman–Crippen MR) is 64.9 cm³/mol. The molecule has 18 heavy (non-hydrogen) atoms. The average molecular weight is 246 g/mol. The Morgan fingerprint density at radius 1 is 1.22 bits per heavy atom. The maximum atomic E-state index is 11.8. The molecular formula is C14H14O4. The molecule has 2 atom stereocenters. The molecular weight excluding hydrogens is 232 g/mol. The number of hydrogen-bond acceptors (Lipinski definition) is 4. The fourth-order valence-electron chi connectivity index (χ4n) is 1.86. The van der Waals surface area contributed by atoms with Gasteiger partial charge in [-0.25, -0.2) is 0 Å². The van der Waals surface area contributed by atoms with E-state index >= 15 is 0 Å². The highest BCUT2D eigenvalue weighted by Gasteiger charge is 2.32. The Balaban J connectivity index is 2.35. The molecule has 1 aromatic carbocycles. The largest absolute Gasteiger partial charge is 0.468 e. The van der Waals surface area contributed by atoms with Gasteiger partial charge in [-0.05, 0) is 17.7 Å². The highest BCUT2D eigenvalue weighted by Crippen LogP contribution is 2.32. The minimum Gasteiger partial charge on any atom is -0.468 e. The normalized spacial score (nSPS) is 13.9. The van der Waals surface area contributed by atoms with Gasteiger partial charge in [-0.1, -0.05) is 30.3 Å². The Hall–Kier alpha value is -2.07. The van der Waals surface area contributed by atoms with Gasteiger partial charge < -0.3 is 14.3 Å². The van der Waals surface area contributed by atoms with Crippen LogP contribution in [-0.2, 0) is 9.53 Å². The molecule has 2 rings (SSSR count). The summed E-state index contributed by atoms with van der Waals surface area (Å²) < 4.78 is 9.88. The fraction of sp³-hybridized carbons (Fsp3) is 0.214. The van der Waals surface area contributed by atoms with Gasteiger partial charge in [0.1, 0.15) is 17.8 Å². The van der Waals surface area contributed by atoms with Gasteiger partial charge in [-0.3, -0.25) is 4.79 Å². The highest BCUT2D eigenvalue weighted by molar-refractivity contribution is 5.79. The number of rotatable bonds is 4. The van der Waals surface area contributed by atoms with E-state index in [1.54, 1.807) is 36.4 Å². The molecule has 94 valence electrons. The molecule has 1 heterocycles. The fourth-order valence-corrected chi connectivity index (χ4v) is 1.86. The smallest absolute Gasteiger partial charge is 0.316 e. The minimum absolute atomic E-state index is 0.342. The van der Waals surface area contributed by atoms with E-state index in [4.69, 9.17) is 9.15 Å². The summed E-state index contributed by atoms with van der Waals surface area (Å²) in [5.41, 5.74) is 0.688. The van der Waals surface area contributed by atoms with Crippen molar-refractivity contribution in [3.05, 3.63) is 60.1 Å². The molecule has 4 nitrogen and oxygen atoms in total. The summed E-state index contributed by atoms with van der Waals surface area (Å²) in [6.07, 6.45) is 0.396. The van der Waals surface area contributed by atoms with Crippen LogP contribution in [0.2, 0.25) is 0 Å². The lowest BCUT2D eigenvalue weighted by Crippen LogP contribution is -2.21. The van der Waals surface area contributed by atoms with E-state index < -0.39 is 18.0 Å². The van der Waals surface area contributed by atoms with Crippen LogP contribution in [0.3, 0.4) is 0 Å². The summed E-state index contributed by atoms with van der Waals surface area (Å²) in [5, 5.41) is 10.2. The van der Waals surface area contributed by atoms with E-state index in [1.165, 1.54) is 13.4 Å². The van der Waals surface area contributed by atoms with E-state index in [-0.39, 0.29) is 0 Å². The molecule has 0 aliphatic heterocycles. The monoisotopic (exact) mass is 246 g/mol. The van der Waals surface area contributed by atoms with Crippen molar-refractivity contribution in [3.63, 3.8) is 0 Å². The van der Waals surface area contributed by atoms with Crippen molar-refractivity contribution in [1.82, 2.24) is 0 Å². The van der Waals surface area contributed by atoms with Crippen molar-refractivity contribution in [2.45, 2.75) is 12.0 Å². The number of ether oxygens (including phenoxy) is 1. The van der Waals surface area contributed by atoms with Gasteiger partial charge in [0.05, 0.1) is 13.4 Å². The Labute approximate surface area is 105 Å². The first-order valence-corrected chi connectivity index (χ1v) is 5.58. The number of esters is 1. The summed E-state index contributed by atoms with van der Waals surface area (Å²) in [6, 6.07) is 12.3. The molecule has 4 heteroatoms. The molecule has 1 N–H and O–H groups in total. The molecule has 0 aliphatic carbocycles. The molecule has 0 amide bonds. The van der Waals surface area contributed by atoms with E-state index in [2.05, 4.69) is 0 Å². The zero-order valence-corrected chi connectivity index (χ0v) is 9.95. The lowest BCUT2D eigenvalue weighted by Gasteiger charge is -2.19. The zero-order valence-electron chi connectivity index (χ0n) is 9.95.